The number of ether oxygens (including phenoxy) is 2. The number of benzene rings is 4. The third kappa shape index (κ3) is 9.51. The number of hydrogen-bond donors (Lipinski definition) is 2. The number of amides is 1. The molecule has 2 aliphatic heterocycles. The topological polar surface area (TPSA) is 161 Å². The number of aromatic amines is 2. The Morgan fingerprint density at radius 2 is 1.64 bits per heavy atom. The lowest BCUT2D eigenvalue weighted by Gasteiger charge is -2.41. The number of nitrogens with one attached hydrogen (secondary N) is 2. The molecule has 0 aliphatic carbocycles. The number of aromatic nitrogens is 4. The highest BCUT2D eigenvalue weighted by atomic mass is 35.5. The van der Waals surface area contributed by atoms with Crippen LogP contribution in [0, 0.1) is 18.3 Å². The van der Waals surface area contributed by atoms with Crippen LogP contribution in [0.2, 0.25) is 5.02 Å². The van der Waals surface area contributed by atoms with Crippen molar-refractivity contribution in [2.75, 3.05) is 37.6 Å². The Morgan fingerprint density at radius 1 is 0.836 bits per heavy atom. The highest BCUT2D eigenvalue weighted by Gasteiger charge is 2.34. The van der Waals surface area contributed by atoms with E-state index < -0.39 is 11.2 Å². The first-order chi connectivity index (χ1) is 29.7. The maximum Gasteiger partial charge on any atom is 0.325 e. The van der Waals surface area contributed by atoms with Crippen LogP contribution in [0.3, 0.4) is 0 Å². The summed E-state index contributed by atoms with van der Waals surface area (Å²) >= 11 is 6.99. The smallest absolute Gasteiger partial charge is 0.325 e. The standard InChI is InChI=1S/C47H45ClN8O5/c1-31-35(13-8-14-37(31)34-11-3-2-4-12-34)30-61-43-25-42(60-29-33-10-7-9-32(23-33)26-49)36(24-39(43)48)28-56-18-6-5-15-41(56)46(58)55-21-19-54(20-22-55)44-17-16-40(52-53-44)38-27-50-47(59)51-45(38)57/h2-4,7-14,16-17,23-25,27,41H,5-6,15,18-22,28-30H2,1H3,(H2,50,51,57,59). The summed E-state index contributed by atoms with van der Waals surface area (Å²) in [6.45, 7) is 6.02. The number of carbonyl (C=O) groups is 1. The van der Waals surface area contributed by atoms with Gasteiger partial charge in [-0.05, 0) is 84.5 Å². The van der Waals surface area contributed by atoms with Gasteiger partial charge in [0.2, 0.25) is 5.91 Å². The van der Waals surface area contributed by atoms with Gasteiger partial charge in [0.25, 0.3) is 5.56 Å². The molecule has 1 atom stereocenters. The lowest BCUT2D eigenvalue weighted by molar-refractivity contribution is -0.138. The number of nitriles is 1. The van der Waals surface area contributed by atoms with Crippen LogP contribution in [-0.2, 0) is 24.6 Å². The molecule has 0 spiro atoms. The van der Waals surface area contributed by atoms with E-state index in [9.17, 15) is 19.6 Å². The van der Waals surface area contributed by atoms with Crippen LogP contribution in [0.15, 0.2) is 113 Å². The minimum atomic E-state index is -0.590. The SMILES string of the molecule is Cc1c(COc2cc(OCc3cccc(C#N)c3)c(CN3CCCCC3C(=O)N3CCN(c4ccc(-c5c[nH]c(=O)[nH]c5=O)nn4)CC3)cc2Cl)cccc1-c1ccccc1. The van der Waals surface area contributed by atoms with Crippen LogP contribution in [-0.4, -0.2) is 74.6 Å². The second-order valence-corrected chi connectivity index (χ2v) is 15.7. The Balaban J connectivity index is 0.972. The van der Waals surface area contributed by atoms with Gasteiger partial charge in [-0.2, -0.15) is 5.26 Å². The van der Waals surface area contributed by atoms with Crippen molar-refractivity contribution in [3.63, 3.8) is 0 Å². The first kappa shape index (κ1) is 41.0. The van der Waals surface area contributed by atoms with Crippen LogP contribution in [0.5, 0.6) is 11.5 Å². The monoisotopic (exact) mass is 836 g/mol. The van der Waals surface area contributed by atoms with Crippen LogP contribution >= 0.6 is 11.6 Å². The molecular weight excluding hydrogens is 792 g/mol. The Kier molecular flexibility index (Phi) is 12.5. The van der Waals surface area contributed by atoms with E-state index in [2.05, 4.69) is 67.2 Å². The molecule has 0 saturated carbocycles. The van der Waals surface area contributed by atoms with Gasteiger partial charge in [-0.25, -0.2) is 4.79 Å². The molecule has 2 aliphatic rings. The molecular formula is C47H45ClN8O5. The van der Waals surface area contributed by atoms with Gasteiger partial charge in [-0.1, -0.05) is 78.7 Å². The van der Waals surface area contributed by atoms with Gasteiger partial charge in [0, 0.05) is 50.6 Å². The predicted octanol–water partition coefficient (Wildman–Crippen LogP) is 6.88. The molecule has 4 aromatic carbocycles. The van der Waals surface area contributed by atoms with E-state index in [0.717, 1.165) is 59.2 Å². The number of hydrogen-bond acceptors (Lipinski definition) is 10. The lowest BCUT2D eigenvalue weighted by Crippen LogP contribution is -2.56. The van der Waals surface area contributed by atoms with Gasteiger partial charge in [-0.3, -0.25) is 19.5 Å². The lowest BCUT2D eigenvalue weighted by atomic mass is 9.97. The first-order valence-electron chi connectivity index (χ1n) is 20.4. The Bertz CT molecular complexity index is 2670. The fourth-order valence-corrected chi connectivity index (χ4v) is 8.29. The van der Waals surface area contributed by atoms with Crippen LogP contribution < -0.4 is 25.6 Å². The second-order valence-electron chi connectivity index (χ2n) is 15.3. The first-order valence-corrected chi connectivity index (χ1v) is 20.8. The summed E-state index contributed by atoms with van der Waals surface area (Å²) in [5, 5.41) is 18.5. The van der Waals surface area contributed by atoms with Gasteiger partial charge in [0.15, 0.2) is 5.82 Å². The minimum Gasteiger partial charge on any atom is -0.488 e. The van der Waals surface area contributed by atoms with Gasteiger partial charge < -0.3 is 24.3 Å². The normalized spacial score (nSPS) is 15.6. The molecule has 6 aromatic rings. The predicted molar refractivity (Wildman–Crippen MR) is 233 cm³/mol. The Morgan fingerprint density at radius 3 is 2.41 bits per heavy atom. The fourth-order valence-electron chi connectivity index (χ4n) is 8.04. The van der Waals surface area contributed by atoms with Crippen LogP contribution in [0.1, 0.15) is 47.1 Å². The van der Waals surface area contributed by atoms with Crippen LogP contribution in [0.4, 0.5) is 5.82 Å². The summed E-state index contributed by atoms with van der Waals surface area (Å²) in [4.78, 5) is 48.8. The van der Waals surface area contributed by atoms with Gasteiger partial charge in [0.1, 0.15) is 30.4 Å². The summed E-state index contributed by atoms with van der Waals surface area (Å²) < 4.78 is 12.9. The van der Waals surface area contributed by atoms with Crippen molar-refractivity contribution >= 4 is 23.3 Å². The zero-order chi connectivity index (χ0) is 42.3. The fraction of sp³-hybridized carbons (Fsp3) is 0.277. The summed E-state index contributed by atoms with van der Waals surface area (Å²) in [5.41, 5.74) is 6.13. The van der Waals surface area contributed by atoms with Crippen LogP contribution in [0.25, 0.3) is 22.4 Å². The van der Waals surface area contributed by atoms with E-state index in [1.165, 1.54) is 6.20 Å². The second kappa shape index (κ2) is 18.7. The van der Waals surface area contributed by atoms with Crippen molar-refractivity contribution in [3.05, 3.63) is 157 Å². The molecule has 61 heavy (non-hydrogen) atoms. The van der Waals surface area contributed by atoms with Crippen molar-refractivity contribution in [3.8, 4) is 40.0 Å². The number of nitrogens with zero attached hydrogens (tertiary/aromatic N) is 6. The molecule has 0 bridgehead atoms. The zero-order valence-corrected chi connectivity index (χ0v) is 34.5. The largest absolute Gasteiger partial charge is 0.488 e. The zero-order valence-electron chi connectivity index (χ0n) is 33.8. The summed E-state index contributed by atoms with van der Waals surface area (Å²) in [6, 6.07) is 32.9. The highest BCUT2D eigenvalue weighted by Crippen LogP contribution is 2.37. The van der Waals surface area contributed by atoms with Gasteiger partial charge in [-0.15, -0.1) is 10.2 Å². The number of likely N-dealkylation sites (tertiary alicyclic amines) is 1. The molecule has 13 nitrogen and oxygen atoms in total. The van der Waals surface area contributed by atoms with E-state index in [1.54, 1.807) is 18.2 Å². The molecule has 1 unspecified atom stereocenters. The number of piperidine rings is 1. The van der Waals surface area contributed by atoms with Gasteiger partial charge in [0.05, 0.1) is 28.3 Å². The van der Waals surface area contributed by atoms with E-state index in [4.69, 9.17) is 21.1 Å². The average molecular weight is 837 g/mol. The maximum absolute atomic E-state index is 14.3. The molecule has 2 fully saturated rings. The molecule has 14 heteroatoms. The number of H-pyrrole nitrogens is 2. The average Bonchev–Trinajstić information content (AvgIpc) is 3.29. The maximum atomic E-state index is 14.3. The molecule has 2 N–H and O–H groups in total. The van der Waals surface area contributed by atoms with Crippen molar-refractivity contribution < 1.29 is 14.3 Å². The Labute approximate surface area is 358 Å². The van der Waals surface area contributed by atoms with Gasteiger partial charge >= 0.3 is 5.69 Å². The molecule has 4 heterocycles. The summed E-state index contributed by atoms with van der Waals surface area (Å²) in [6.07, 6.45) is 3.97. The van der Waals surface area contributed by atoms with Crippen molar-refractivity contribution in [1.82, 2.24) is 30.0 Å². The molecule has 2 aromatic heterocycles. The third-order valence-electron chi connectivity index (χ3n) is 11.4. The van der Waals surface area contributed by atoms with E-state index in [-0.39, 0.29) is 24.1 Å². The highest BCUT2D eigenvalue weighted by molar-refractivity contribution is 6.32. The number of rotatable bonds is 12. The minimum absolute atomic E-state index is 0.0908. The van der Waals surface area contributed by atoms with E-state index in [0.29, 0.717) is 72.9 Å². The molecule has 8 rings (SSSR count). The quantitative estimate of drug-likeness (QED) is 0.133. The summed E-state index contributed by atoms with van der Waals surface area (Å²) in [5.74, 6) is 1.82. The third-order valence-corrected chi connectivity index (χ3v) is 11.7. The Hall–Kier alpha value is -6.75. The molecule has 310 valence electrons. The number of anilines is 1. The van der Waals surface area contributed by atoms with E-state index in [1.807, 2.05) is 59.5 Å². The van der Waals surface area contributed by atoms with E-state index >= 15 is 0 Å². The molecule has 1 amide bonds. The molecule has 2 saturated heterocycles. The number of piperazine rings is 1. The van der Waals surface area contributed by atoms with Crippen molar-refractivity contribution in [2.45, 2.75) is 52.0 Å². The molecule has 0 radical (unpaired) electrons. The van der Waals surface area contributed by atoms with Crippen molar-refractivity contribution in [1.29, 1.82) is 5.26 Å². The number of carbonyl (C=O) groups excluding carboxylic acids is 1. The summed E-state index contributed by atoms with van der Waals surface area (Å²) in [7, 11) is 0. The van der Waals surface area contributed by atoms with Crippen molar-refractivity contribution in [2.24, 2.45) is 0 Å². The number of halogens is 1.